The van der Waals surface area contributed by atoms with Crippen LogP contribution in [0.1, 0.15) is 18.4 Å². The maximum atomic E-state index is 12.5. The van der Waals surface area contributed by atoms with E-state index in [0.29, 0.717) is 6.42 Å². The van der Waals surface area contributed by atoms with E-state index in [9.17, 15) is 9.18 Å². The predicted octanol–water partition coefficient (Wildman–Crippen LogP) is 1.63. The number of amides is 1. The number of hydrogen-bond donors (Lipinski definition) is 1. The molecule has 13 heavy (non-hydrogen) atoms. The second-order valence-electron chi connectivity index (χ2n) is 2.95. The van der Waals surface area contributed by atoms with E-state index in [2.05, 4.69) is 0 Å². The lowest BCUT2D eigenvalue weighted by molar-refractivity contribution is -0.118. The Morgan fingerprint density at radius 1 is 1.31 bits per heavy atom. The van der Waals surface area contributed by atoms with Crippen molar-refractivity contribution in [1.82, 2.24) is 0 Å². The molecule has 0 aromatic heterocycles. The summed E-state index contributed by atoms with van der Waals surface area (Å²) >= 11 is 0. The van der Waals surface area contributed by atoms with Gasteiger partial charge >= 0.3 is 0 Å². The summed E-state index contributed by atoms with van der Waals surface area (Å²) < 4.78 is 12.5. The molecule has 3 heteroatoms. The molecule has 0 saturated carbocycles. The third-order valence-corrected chi connectivity index (χ3v) is 1.80. The molecule has 0 aliphatic carbocycles. The van der Waals surface area contributed by atoms with Gasteiger partial charge in [0.05, 0.1) is 0 Å². The Kier molecular flexibility index (Phi) is 3.43. The summed E-state index contributed by atoms with van der Waals surface area (Å²) in [5, 5.41) is 0. The minimum absolute atomic E-state index is 0.237. The SMILES string of the molecule is NC(=O)CCCc1ccc(F)cc1. The molecule has 2 nitrogen and oxygen atoms in total. The number of rotatable bonds is 4. The van der Waals surface area contributed by atoms with E-state index in [4.69, 9.17) is 5.73 Å². The van der Waals surface area contributed by atoms with Crippen LogP contribution in [0.2, 0.25) is 0 Å². The fourth-order valence-electron chi connectivity index (χ4n) is 1.12. The summed E-state index contributed by atoms with van der Waals surface area (Å²) in [7, 11) is 0. The Morgan fingerprint density at radius 3 is 2.46 bits per heavy atom. The molecule has 0 aliphatic rings. The Labute approximate surface area is 76.6 Å². The lowest BCUT2D eigenvalue weighted by atomic mass is 10.1. The summed E-state index contributed by atoms with van der Waals surface area (Å²) in [5.41, 5.74) is 6.01. The lowest BCUT2D eigenvalue weighted by Gasteiger charge is -1.98. The molecule has 1 amide bonds. The lowest BCUT2D eigenvalue weighted by Crippen LogP contribution is -2.10. The maximum absolute atomic E-state index is 12.5. The van der Waals surface area contributed by atoms with E-state index in [-0.39, 0.29) is 11.7 Å². The van der Waals surface area contributed by atoms with Gasteiger partial charge in [0, 0.05) is 6.42 Å². The van der Waals surface area contributed by atoms with Crippen molar-refractivity contribution in [2.75, 3.05) is 0 Å². The van der Waals surface area contributed by atoms with Crippen LogP contribution in [0.4, 0.5) is 4.39 Å². The van der Waals surface area contributed by atoms with E-state index >= 15 is 0 Å². The van der Waals surface area contributed by atoms with Gasteiger partial charge in [-0.2, -0.15) is 0 Å². The van der Waals surface area contributed by atoms with E-state index in [1.807, 2.05) is 0 Å². The molecule has 0 heterocycles. The third kappa shape index (κ3) is 3.69. The van der Waals surface area contributed by atoms with Gasteiger partial charge in [-0.05, 0) is 30.5 Å². The van der Waals surface area contributed by atoms with Crippen LogP contribution in [0.15, 0.2) is 24.3 Å². The molecule has 0 radical (unpaired) electrons. The van der Waals surface area contributed by atoms with E-state index in [0.717, 1.165) is 18.4 Å². The number of carbonyl (C=O) groups excluding carboxylic acids is 1. The van der Waals surface area contributed by atoms with E-state index in [1.165, 1.54) is 12.1 Å². The molecule has 0 atom stereocenters. The highest BCUT2D eigenvalue weighted by Gasteiger charge is 1.96. The quantitative estimate of drug-likeness (QED) is 0.753. The van der Waals surface area contributed by atoms with Gasteiger partial charge in [-0.3, -0.25) is 4.79 Å². The minimum Gasteiger partial charge on any atom is -0.370 e. The second-order valence-corrected chi connectivity index (χ2v) is 2.95. The molecular weight excluding hydrogens is 169 g/mol. The number of halogens is 1. The standard InChI is InChI=1S/C10H12FNO/c11-9-6-4-8(5-7-9)2-1-3-10(12)13/h4-7H,1-3H2,(H2,12,13). The molecule has 0 unspecified atom stereocenters. The normalized spacial score (nSPS) is 9.92. The number of nitrogens with two attached hydrogens (primary N) is 1. The van der Waals surface area contributed by atoms with Crippen molar-refractivity contribution in [2.24, 2.45) is 5.73 Å². The van der Waals surface area contributed by atoms with Crippen LogP contribution in [-0.4, -0.2) is 5.91 Å². The highest BCUT2D eigenvalue weighted by molar-refractivity contribution is 5.73. The summed E-state index contributed by atoms with van der Waals surface area (Å²) in [5.74, 6) is -0.527. The molecular formula is C10H12FNO. The average Bonchev–Trinajstić information content (AvgIpc) is 2.08. The average molecular weight is 181 g/mol. The largest absolute Gasteiger partial charge is 0.370 e. The fraction of sp³-hybridized carbons (Fsp3) is 0.300. The van der Waals surface area contributed by atoms with Crippen molar-refractivity contribution < 1.29 is 9.18 Å². The monoisotopic (exact) mass is 181 g/mol. The van der Waals surface area contributed by atoms with Gasteiger partial charge in [0.15, 0.2) is 0 Å². The number of hydrogen-bond acceptors (Lipinski definition) is 1. The second kappa shape index (κ2) is 4.60. The first-order valence-corrected chi connectivity index (χ1v) is 4.21. The summed E-state index contributed by atoms with van der Waals surface area (Å²) in [6, 6.07) is 6.27. The third-order valence-electron chi connectivity index (χ3n) is 1.80. The van der Waals surface area contributed by atoms with Gasteiger partial charge in [-0.25, -0.2) is 4.39 Å². The van der Waals surface area contributed by atoms with Gasteiger partial charge < -0.3 is 5.73 Å². The van der Waals surface area contributed by atoms with Crippen LogP contribution in [0.5, 0.6) is 0 Å². The van der Waals surface area contributed by atoms with Crippen molar-refractivity contribution in [3.05, 3.63) is 35.6 Å². The van der Waals surface area contributed by atoms with Gasteiger partial charge in [-0.15, -0.1) is 0 Å². The number of benzene rings is 1. The predicted molar refractivity (Wildman–Crippen MR) is 48.5 cm³/mol. The molecule has 1 aromatic carbocycles. The topological polar surface area (TPSA) is 43.1 Å². The molecule has 0 fully saturated rings. The van der Waals surface area contributed by atoms with Crippen LogP contribution in [-0.2, 0) is 11.2 Å². The zero-order valence-electron chi connectivity index (χ0n) is 7.29. The van der Waals surface area contributed by atoms with Crippen molar-refractivity contribution in [3.8, 4) is 0 Å². The van der Waals surface area contributed by atoms with Crippen molar-refractivity contribution in [1.29, 1.82) is 0 Å². The van der Waals surface area contributed by atoms with Crippen molar-refractivity contribution in [2.45, 2.75) is 19.3 Å². The Bertz CT molecular complexity index is 281. The van der Waals surface area contributed by atoms with Crippen LogP contribution in [0, 0.1) is 5.82 Å². The Morgan fingerprint density at radius 2 is 1.92 bits per heavy atom. The molecule has 1 aromatic rings. The van der Waals surface area contributed by atoms with Crippen molar-refractivity contribution in [3.63, 3.8) is 0 Å². The zero-order chi connectivity index (χ0) is 9.68. The highest BCUT2D eigenvalue weighted by Crippen LogP contribution is 2.06. The summed E-state index contributed by atoms with van der Waals surface area (Å²) in [6.45, 7) is 0. The smallest absolute Gasteiger partial charge is 0.217 e. The molecule has 0 spiro atoms. The first kappa shape index (κ1) is 9.71. The van der Waals surface area contributed by atoms with Crippen LogP contribution >= 0.6 is 0 Å². The Balaban J connectivity index is 2.37. The van der Waals surface area contributed by atoms with Crippen LogP contribution in [0.3, 0.4) is 0 Å². The van der Waals surface area contributed by atoms with Crippen LogP contribution < -0.4 is 5.73 Å². The van der Waals surface area contributed by atoms with Gasteiger partial charge in [0.25, 0.3) is 0 Å². The van der Waals surface area contributed by atoms with Gasteiger partial charge in [0.1, 0.15) is 5.82 Å². The molecule has 1 rings (SSSR count). The van der Waals surface area contributed by atoms with Crippen LogP contribution in [0.25, 0.3) is 0 Å². The molecule has 0 saturated heterocycles. The van der Waals surface area contributed by atoms with E-state index < -0.39 is 0 Å². The first-order chi connectivity index (χ1) is 6.18. The summed E-state index contributed by atoms with van der Waals surface area (Å²) in [6.07, 6.45) is 1.88. The molecule has 0 bridgehead atoms. The number of aryl methyl sites for hydroxylation is 1. The highest BCUT2D eigenvalue weighted by atomic mass is 19.1. The molecule has 70 valence electrons. The minimum atomic E-state index is -0.290. The number of carbonyl (C=O) groups is 1. The van der Waals surface area contributed by atoms with Crippen molar-refractivity contribution >= 4 is 5.91 Å². The maximum Gasteiger partial charge on any atom is 0.217 e. The molecule has 0 aliphatic heterocycles. The fourth-order valence-corrected chi connectivity index (χ4v) is 1.12. The van der Waals surface area contributed by atoms with Gasteiger partial charge in [0.2, 0.25) is 5.91 Å². The Hall–Kier alpha value is -1.38. The zero-order valence-corrected chi connectivity index (χ0v) is 7.29. The van der Waals surface area contributed by atoms with Gasteiger partial charge in [-0.1, -0.05) is 12.1 Å². The number of primary amides is 1. The molecule has 2 N–H and O–H groups in total. The first-order valence-electron chi connectivity index (χ1n) is 4.21. The summed E-state index contributed by atoms with van der Waals surface area (Å²) in [4.78, 5) is 10.4. The van der Waals surface area contributed by atoms with E-state index in [1.54, 1.807) is 12.1 Å².